The van der Waals surface area contributed by atoms with Gasteiger partial charge in [0.25, 0.3) is 11.8 Å². The maximum Gasteiger partial charge on any atom is 0.328 e. The van der Waals surface area contributed by atoms with Gasteiger partial charge >= 0.3 is 5.97 Å². The summed E-state index contributed by atoms with van der Waals surface area (Å²) in [5.74, 6) is -1.91. The van der Waals surface area contributed by atoms with Crippen molar-refractivity contribution in [2.24, 2.45) is 0 Å². The number of rotatable bonds is 11. The minimum atomic E-state index is -1.66. The molecule has 2 aromatic rings. The second kappa shape index (κ2) is 12.9. The van der Waals surface area contributed by atoms with Crippen molar-refractivity contribution in [1.82, 2.24) is 10.6 Å². The molecule has 0 unspecified atom stereocenters. The van der Waals surface area contributed by atoms with Crippen molar-refractivity contribution >= 4 is 17.8 Å². The minimum Gasteiger partial charge on any atom is -0.467 e. The molecular weight excluding hydrogens is 410 g/mol. The number of hydrogen-bond acceptors (Lipinski definition) is 6. The molecule has 0 saturated carbocycles. The molecule has 0 bridgehead atoms. The number of nitriles is 1. The summed E-state index contributed by atoms with van der Waals surface area (Å²) >= 11 is 0. The van der Waals surface area contributed by atoms with E-state index in [-0.39, 0.29) is 6.42 Å². The lowest BCUT2D eigenvalue weighted by Gasteiger charge is -2.26. The van der Waals surface area contributed by atoms with Crippen molar-refractivity contribution in [3.8, 4) is 6.07 Å². The molecule has 8 heteroatoms. The quantitative estimate of drug-likeness (QED) is 0.365. The molecule has 32 heavy (non-hydrogen) atoms. The average Bonchev–Trinajstić information content (AvgIpc) is 2.84. The molecule has 2 rings (SSSR count). The highest BCUT2D eigenvalue weighted by molar-refractivity contribution is 5.95. The maximum atomic E-state index is 12.8. The fourth-order valence-corrected chi connectivity index (χ4v) is 3.17. The number of carbonyl (C=O) groups excluding carboxylic acids is 3. The highest BCUT2D eigenvalue weighted by Gasteiger charge is 2.32. The summed E-state index contributed by atoms with van der Waals surface area (Å²) in [6, 6.07) is 17.1. The van der Waals surface area contributed by atoms with Gasteiger partial charge in [-0.05, 0) is 37.0 Å². The van der Waals surface area contributed by atoms with Gasteiger partial charge in [0.05, 0.1) is 19.2 Å². The van der Waals surface area contributed by atoms with Crippen molar-refractivity contribution in [2.45, 2.75) is 43.9 Å². The molecule has 3 atom stereocenters. The monoisotopic (exact) mass is 437 g/mol. The molecule has 8 nitrogen and oxygen atoms in total. The van der Waals surface area contributed by atoms with Crippen LogP contribution in [-0.2, 0) is 14.3 Å². The Hall–Kier alpha value is -3.70. The lowest BCUT2D eigenvalue weighted by atomic mass is 9.99. The van der Waals surface area contributed by atoms with Gasteiger partial charge in [0.15, 0.2) is 6.10 Å². The van der Waals surface area contributed by atoms with E-state index in [9.17, 15) is 19.5 Å². The molecule has 0 heterocycles. The molecule has 0 aromatic heterocycles. The van der Waals surface area contributed by atoms with Gasteiger partial charge in [-0.15, -0.1) is 0 Å². The van der Waals surface area contributed by atoms with Gasteiger partial charge in [0.1, 0.15) is 6.04 Å². The lowest BCUT2D eigenvalue weighted by Crippen LogP contribution is -2.50. The van der Waals surface area contributed by atoms with Gasteiger partial charge in [-0.2, -0.15) is 5.26 Å². The van der Waals surface area contributed by atoms with Gasteiger partial charge < -0.3 is 20.5 Å². The van der Waals surface area contributed by atoms with Crippen LogP contribution in [0.25, 0.3) is 0 Å². The van der Waals surface area contributed by atoms with E-state index in [0.29, 0.717) is 30.4 Å². The molecule has 2 amide bonds. The van der Waals surface area contributed by atoms with Gasteiger partial charge in [-0.1, -0.05) is 48.5 Å². The third-order valence-electron chi connectivity index (χ3n) is 4.90. The molecule has 0 fully saturated rings. The SMILES string of the molecule is COC(=O)[C@@H](CCCCC#N)NC(=O)[C@H](O)[C@@H](NC(=O)c1ccccc1)c1ccccc1. The third kappa shape index (κ3) is 7.22. The molecule has 0 aliphatic carbocycles. The first kappa shape index (κ1) is 24.6. The fourth-order valence-electron chi connectivity index (χ4n) is 3.17. The predicted octanol–water partition coefficient (Wildman–Crippen LogP) is 2.26. The van der Waals surface area contributed by atoms with Crippen molar-refractivity contribution in [1.29, 1.82) is 5.26 Å². The predicted molar refractivity (Wildman–Crippen MR) is 117 cm³/mol. The van der Waals surface area contributed by atoms with E-state index in [4.69, 9.17) is 10.00 Å². The largest absolute Gasteiger partial charge is 0.467 e. The smallest absolute Gasteiger partial charge is 0.328 e. The first-order valence-electron chi connectivity index (χ1n) is 10.3. The summed E-state index contributed by atoms with van der Waals surface area (Å²) in [6.07, 6.45) is 0.0422. The molecule has 0 radical (unpaired) electrons. The Bertz CT molecular complexity index is 928. The zero-order chi connectivity index (χ0) is 23.3. The van der Waals surface area contributed by atoms with E-state index in [1.807, 2.05) is 6.07 Å². The Labute approximate surface area is 187 Å². The first-order chi connectivity index (χ1) is 15.5. The topological polar surface area (TPSA) is 129 Å². The number of ether oxygens (including phenoxy) is 1. The second-order valence-electron chi connectivity index (χ2n) is 7.16. The van der Waals surface area contributed by atoms with Gasteiger partial charge in [-0.25, -0.2) is 4.79 Å². The van der Waals surface area contributed by atoms with Crippen LogP contribution in [0.5, 0.6) is 0 Å². The zero-order valence-corrected chi connectivity index (χ0v) is 17.9. The number of aliphatic hydroxyl groups excluding tert-OH is 1. The van der Waals surface area contributed by atoms with Gasteiger partial charge in [0.2, 0.25) is 0 Å². The first-order valence-corrected chi connectivity index (χ1v) is 10.3. The van der Waals surface area contributed by atoms with Gasteiger partial charge in [0, 0.05) is 12.0 Å². The van der Waals surface area contributed by atoms with E-state index in [0.717, 1.165) is 0 Å². The van der Waals surface area contributed by atoms with Crippen LogP contribution in [0.1, 0.15) is 47.6 Å². The molecule has 3 N–H and O–H groups in total. The van der Waals surface area contributed by atoms with Crippen LogP contribution in [0, 0.1) is 11.3 Å². The van der Waals surface area contributed by atoms with E-state index in [1.54, 1.807) is 60.7 Å². The third-order valence-corrected chi connectivity index (χ3v) is 4.90. The molecule has 168 valence electrons. The maximum absolute atomic E-state index is 12.8. The van der Waals surface area contributed by atoms with Crippen molar-refractivity contribution in [3.63, 3.8) is 0 Å². The molecular formula is C24H27N3O5. The number of benzene rings is 2. The second-order valence-corrected chi connectivity index (χ2v) is 7.16. The number of methoxy groups -OCH3 is 1. The van der Waals surface area contributed by atoms with E-state index in [1.165, 1.54) is 7.11 Å². The van der Waals surface area contributed by atoms with E-state index < -0.39 is 36.0 Å². The standard InChI is InChI=1S/C24H27N3O5/c1-32-24(31)19(15-9-4-10-16-25)26-23(30)21(28)20(17-11-5-2-6-12-17)27-22(29)18-13-7-3-8-14-18/h2-3,5-8,11-14,19-21,28H,4,9-10,15H2,1H3,(H,26,30)(H,27,29)/t19-,20+,21-/m1/s1. The Kier molecular flexibility index (Phi) is 9.88. The average molecular weight is 437 g/mol. The van der Waals surface area contributed by atoms with Crippen molar-refractivity contribution in [3.05, 3.63) is 71.8 Å². The number of nitrogens with one attached hydrogen (secondary N) is 2. The summed E-state index contributed by atoms with van der Waals surface area (Å²) in [4.78, 5) is 37.6. The lowest BCUT2D eigenvalue weighted by molar-refractivity contribution is -0.146. The molecule has 0 saturated heterocycles. The van der Waals surface area contributed by atoms with Crippen LogP contribution in [0.4, 0.5) is 0 Å². The number of nitrogens with zero attached hydrogens (tertiary/aromatic N) is 1. The Morgan fingerprint density at radius 2 is 1.62 bits per heavy atom. The Balaban J connectivity index is 2.17. The van der Waals surface area contributed by atoms with Crippen molar-refractivity contribution in [2.75, 3.05) is 7.11 Å². The molecule has 0 spiro atoms. The van der Waals surface area contributed by atoms with Crippen LogP contribution in [-0.4, -0.2) is 42.1 Å². The number of esters is 1. The normalized spacial score (nSPS) is 13.2. The zero-order valence-electron chi connectivity index (χ0n) is 17.9. The Morgan fingerprint density at radius 3 is 2.22 bits per heavy atom. The molecule has 0 aliphatic rings. The van der Waals surface area contributed by atoms with Crippen molar-refractivity contribution < 1.29 is 24.2 Å². The summed E-state index contributed by atoms with van der Waals surface area (Å²) in [5.41, 5.74) is 0.911. The van der Waals surface area contributed by atoms with Crippen LogP contribution >= 0.6 is 0 Å². The number of amides is 2. The summed E-state index contributed by atoms with van der Waals surface area (Å²) in [7, 11) is 1.21. The summed E-state index contributed by atoms with van der Waals surface area (Å²) < 4.78 is 4.75. The number of unbranched alkanes of at least 4 members (excludes halogenated alkanes) is 2. The van der Waals surface area contributed by atoms with Crippen LogP contribution in [0.3, 0.4) is 0 Å². The highest BCUT2D eigenvalue weighted by Crippen LogP contribution is 2.19. The number of hydrogen-bond donors (Lipinski definition) is 3. The van der Waals surface area contributed by atoms with Crippen LogP contribution < -0.4 is 10.6 Å². The fraction of sp³-hybridized carbons (Fsp3) is 0.333. The highest BCUT2D eigenvalue weighted by atomic mass is 16.5. The Morgan fingerprint density at radius 1 is 1.00 bits per heavy atom. The van der Waals surface area contributed by atoms with Gasteiger partial charge in [-0.3, -0.25) is 9.59 Å². The summed E-state index contributed by atoms with van der Waals surface area (Å²) in [6.45, 7) is 0. The van der Waals surface area contributed by atoms with E-state index >= 15 is 0 Å². The van der Waals surface area contributed by atoms with Crippen LogP contribution in [0.15, 0.2) is 60.7 Å². The number of carbonyl (C=O) groups is 3. The minimum absolute atomic E-state index is 0.263. The van der Waals surface area contributed by atoms with Crippen LogP contribution in [0.2, 0.25) is 0 Å². The summed E-state index contributed by atoms with van der Waals surface area (Å²) in [5, 5.41) is 24.7. The van der Waals surface area contributed by atoms with E-state index in [2.05, 4.69) is 10.6 Å². The molecule has 2 aromatic carbocycles. The number of aliphatic hydroxyl groups is 1. The molecule has 0 aliphatic heterocycles.